The minimum atomic E-state index is 0.807. The number of nitrogens with zero attached hydrogens (tertiary/aromatic N) is 6. The quantitative estimate of drug-likeness (QED) is 0.469. The van der Waals surface area contributed by atoms with Crippen LogP contribution in [0, 0.1) is 0 Å². The van der Waals surface area contributed by atoms with E-state index in [1.807, 2.05) is 47.1 Å². The summed E-state index contributed by atoms with van der Waals surface area (Å²) in [5.41, 5.74) is 4.30. The average Bonchev–Trinajstić information content (AvgIpc) is 3.29. The number of rotatable bonds is 6. The first kappa shape index (κ1) is 20.2. The molecule has 0 spiro atoms. The Balaban J connectivity index is 1.39. The van der Waals surface area contributed by atoms with Crippen LogP contribution in [-0.4, -0.2) is 57.9 Å². The third kappa shape index (κ3) is 4.33. The van der Waals surface area contributed by atoms with E-state index in [4.69, 9.17) is 9.84 Å². The van der Waals surface area contributed by atoms with Crippen molar-refractivity contribution in [3.8, 4) is 22.7 Å². The molecule has 7 nitrogen and oxygen atoms in total. The Bertz CT molecular complexity index is 1150. The molecule has 0 atom stereocenters. The van der Waals surface area contributed by atoms with Gasteiger partial charge in [0.05, 0.1) is 18.5 Å². The van der Waals surface area contributed by atoms with Crippen LogP contribution in [0.1, 0.15) is 5.56 Å². The van der Waals surface area contributed by atoms with Crippen LogP contribution in [0.4, 0.5) is 5.95 Å². The first-order valence-electron chi connectivity index (χ1n) is 10.8. The lowest BCUT2D eigenvalue weighted by Gasteiger charge is -2.34. The summed E-state index contributed by atoms with van der Waals surface area (Å²) in [7, 11) is 1.69. The summed E-state index contributed by atoms with van der Waals surface area (Å²) in [6.07, 6.45) is 5.75. The van der Waals surface area contributed by atoms with Crippen LogP contribution < -0.4 is 9.64 Å². The molecule has 32 heavy (non-hydrogen) atoms. The second kappa shape index (κ2) is 9.20. The summed E-state index contributed by atoms with van der Waals surface area (Å²) < 4.78 is 7.42. The Morgan fingerprint density at radius 1 is 0.875 bits per heavy atom. The SMILES string of the molecule is COc1cccc(-c2nn(-c3ccccc3)cc2CN2CCN(c3ncccn3)CC2)c1. The molecule has 7 heteroatoms. The predicted molar refractivity (Wildman–Crippen MR) is 125 cm³/mol. The van der Waals surface area contributed by atoms with Gasteiger partial charge in [-0.1, -0.05) is 30.3 Å². The van der Waals surface area contributed by atoms with E-state index in [1.54, 1.807) is 19.5 Å². The van der Waals surface area contributed by atoms with E-state index in [1.165, 1.54) is 5.56 Å². The number of methoxy groups -OCH3 is 1. The van der Waals surface area contributed by atoms with Crippen LogP contribution >= 0.6 is 0 Å². The number of benzene rings is 2. The Morgan fingerprint density at radius 2 is 1.66 bits per heavy atom. The molecule has 5 rings (SSSR count). The molecule has 0 bridgehead atoms. The maximum absolute atomic E-state index is 5.45. The molecule has 1 aliphatic heterocycles. The molecule has 0 aliphatic carbocycles. The van der Waals surface area contributed by atoms with E-state index >= 15 is 0 Å². The molecule has 3 heterocycles. The number of aromatic nitrogens is 4. The first-order valence-corrected chi connectivity index (χ1v) is 10.8. The molecular formula is C25H26N6O. The summed E-state index contributed by atoms with van der Waals surface area (Å²) in [4.78, 5) is 13.5. The fourth-order valence-electron chi connectivity index (χ4n) is 4.05. The topological polar surface area (TPSA) is 59.3 Å². The summed E-state index contributed by atoms with van der Waals surface area (Å²) >= 11 is 0. The van der Waals surface area contributed by atoms with E-state index in [0.29, 0.717) is 0 Å². The Kier molecular flexibility index (Phi) is 5.81. The van der Waals surface area contributed by atoms with Crippen LogP contribution in [0.15, 0.2) is 79.3 Å². The van der Waals surface area contributed by atoms with Crippen molar-refractivity contribution in [2.45, 2.75) is 6.54 Å². The van der Waals surface area contributed by atoms with E-state index in [2.05, 4.69) is 44.2 Å². The minimum Gasteiger partial charge on any atom is -0.497 e. The normalized spacial score (nSPS) is 14.5. The number of anilines is 1. The van der Waals surface area contributed by atoms with E-state index in [9.17, 15) is 0 Å². The van der Waals surface area contributed by atoms with Crippen molar-refractivity contribution in [3.63, 3.8) is 0 Å². The van der Waals surface area contributed by atoms with Gasteiger partial charge >= 0.3 is 0 Å². The smallest absolute Gasteiger partial charge is 0.225 e. The number of piperazine rings is 1. The van der Waals surface area contributed by atoms with Crippen LogP contribution in [0.25, 0.3) is 16.9 Å². The van der Waals surface area contributed by atoms with Crippen molar-refractivity contribution in [2.75, 3.05) is 38.2 Å². The molecule has 162 valence electrons. The third-order valence-corrected chi connectivity index (χ3v) is 5.76. The zero-order chi connectivity index (χ0) is 21.8. The number of ether oxygens (including phenoxy) is 1. The lowest BCUT2D eigenvalue weighted by Crippen LogP contribution is -2.46. The van der Waals surface area contributed by atoms with E-state index < -0.39 is 0 Å². The molecule has 1 saturated heterocycles. The van der Waals surface area contributed by atoms with Crippen molar-refractivity contribution in [2.24, 2.45) is 0 Å². The fraction of sp³-hybridized carbons (Fsp3) is 0.240. The summed E-state index contributed by atoms with van der Waals surface area (Å²) in [5, 5.41) is 4.96. The van der Waals surface area contributed by atoms with Gasteiger partial charge in [-0.3, -0.25) is 4.90 Å². The number of hydrogen-bond donors (Lipinski definition) is 0. The maximum Gasteiger partial charge on any atom is 0.225 e. The van der Waals surface area contributed by atoms with E-state index in [-0.39, 0.29) is 0 Å². The highest BCUT2D eigenvalue weighted by Crippen LogP contribution is 2.28. The van der Waals surface area contributed by atoms with E-state index in [0.717, 1.165) is 61.4 Å². The second-order valence-corrected chi connectivity index (χ2v) is 7.83. The van der Waals surface area contributed by atoms with Crippen LogP contribution in [0.2, 0.25) is 0 Å². The van der Waals surface area contributed by atoms with Crippen LogP contribution in [-0.2, 0) is 6.54 Å². The monoisotopic (exact) mass is 426 g/mol. The number of para-hydroxylation sites is 1. The Hall–Kier alpha value is -3.71. The highest BCUT2D eigenvalue weighted by Gasteiger charge is 2.21. The molecular weight excluding hydrogens is 400 g/mol. The zero-order valence-corrected chi connectivity index (χ0v) is 18.1. The minimum absolute atomic E-state index is 0.807. The van der Waals surface area contributed by atoms with Crippen molar-refractivity contribution < 1.29 is 4.74 Å². The Morgan fingerprint density at radius 3 is 2.41 bits per heavy atom. The fourth-order valence-corrected chi connectivity index (χ4v) is 4.05. The standard InChI is InChI=1S/C25H26N6O/c1-32-23-10-5-7-20(17-23)24-21(19-31(28-24)22-8-3-2-4-9-22)18-29-13-15-30(16-14-29)25-26-11-6-12-27-25/h2-12,17,19H,13-16,18H2,1H3. The van der Waals surface area contributed by atoms with Gasteiger partial charge in [0, 0.05) is 62.4 Å². The largest absolute Gasteiger partial charge is 0.497 e. The summed E-state index contributed by atoms with van der Waals surface area (Å²) in [5.74, 6) is 1.64. The van der Waals surface area contributed by atoms with Gasteiger partial charge in [-0.2, -0.15) is 5.10 Å². The average molecular weight is 427 g/mol. The summed E-state index contributed by atoms with van der Waals surface area (Å²) in [6.45, 7) is 4.55. The van der Waals surface area contributed by atoms with Gasteiger partial charge in [0.1, 0.15) is 5.75 Å². The van der Waals surface area contributed by atoms with Crippen LogP contribution in [0.3, 0.4) is 0 Å². The maximum atomic E-state index is 5.45. The van der Waals surface area contributed by atoms with Gasteiger partial charge < -0.3 is 9.64 Å². The zero-order valence-electron chi connectivity index (χ0n) is 18.1. The molecule has 1 fully saturated rings. The first-order chi connectivity index (χ1) is 15.8. The molecule has 0 unspecified atom stereocenters. The molecule has 0 radical (unpaired) electrons. The third-order valence-electron chi connectivity index (χ3n) is 5.76. The van der Waals surface area contributed by atoms with Crippen molar-refractivity contribution >= 4 is 5.95 Å². The second-order valence-electron chi connectivity index (χ2n) is 7.83. The molecule has 0 saturated carbocycles. The molecule has 4 aromatic rings. The van der Waals surface area contributed by atoms with Crippen molar-refractivity contribution in [1.29, 1.82) is 0 Å². The molecule has 0 N–H and O–H groups in total. The molecule has 2 aromatic carbocycles. The van der Waals surface area contributed by atoms with Gasteiger partial charge in [0.2, 0.25) is 5.95 Å². The van der Waals surface area contributed by atoms with Crippen molar-refractivity contribution in [1.82, 2.24) is 24.6 Å². The van der Waals surface area contributed by atoms with Gasteiger partial charge in [-0.25, -0.2) is 14.6 Å². The highest BCUT2D eigenvalue weighted by molar-refractivity contribution is 5.65. The molecule has 0 amide bonds. The van der Waals surface area contributed by atoms with Gasteiger partial charge in [0.25, 0.3) is 0 Å². The molecule has 1 aliphatic rings. The van der Waals surface area contributed by atoms with Gasteiger partial charge in [0.15, 0.2) is 0 Å². The highest BCUT2D eigenvalue weighted by atomic mass is 16.5. The lowest BCUT2D eigenvalue weighted by molar-refractivity contribution is 0.249. The van der Waals surface area contributed by atoms with Gasteiger partial charge in [-0.05, 0) is 30.3 Å². The van der Waals surface area contributed by atoms with Crippen molar-refractivity contribution in [3.05, 3.63) is 84.8 Å². The summed E-state index contributed by atoms with van der Waals surface area (Å²) in [6, 6.07) is 20.2. The van der Waals surface area contributed by atoms with Crippen LogP contribution in [0.5, 0.6) is 5.75 Å². The lowest BCUT2D eigenvalue weighted by atomic mass is 10.1. The van der Waals surface area contributed by atoms with Gasteiger partial charge in [-0.15, -0.1) is 0 Å². The predicted octanol–water partition coefficient (Wildman–Crippen LogP) is 3.66. The number of hydrogen-bond acceptors (Lipinski definition) is 6. The molecule has 2 aromatic heterocycles. The Labute approximate surface area is 187 Å².